The van der Waals surface area contributed by atoms with E-state index < -0.39 is 19.0 Å². The molecular weight excluding hydrogens is 226 g/mol. The van der Waals surface area contributed by atoms with E-state index >= 15 is 0 Å². The van der Waals surface area contributed by atoms with Gasteiger partial charge >= 0.3 is 0 Å². The van der Waals surface area contributed by atoms with Crippen LogP contribution < -0.4 is 0 Å². The quantitative estimate of drug-likeness (QED) is 0.887. The van der Waals surface area contributed by atoms with Gasteiger partial charge in [-0.3, -0.25) is 0 Å². The molecule has 0 aliphatic heterocycles. The van der Waals surface area contributed by atoms with Crippen LogP contribution in [0.3, 0.4) is 0 Å². The maximum Gasteiger partial charge on any atom is 0.275 e. The van der Waals surface area contributed by atoms with Gasteiger partial charge in [0.1, 0.15) is 0 Å². The van der Waals surface area contributed by atoms with Gasteiger partial charge in [-0.05, 0) is 18.2 Å². The van der Waals surface area contributed by atoms with Crippen LogP contribution in [0, 0.1) is 0 Å². The van der Waals surface area contributed by atoms with E-state index in [0.29, 0.717) is 0 Å². The Morgan fingerprint density at radius 3 is 2.47 bits per heavy atom. The fraction of sp³-hybridized carbons (Fsp3) is 0.250. The maximum atomic E-state index is 13.4. The Bertz CT molecular complexity index is 466. The van der Waals surface area contributed by atoms with Gasteiger partial charge in [0.25, 0.3) is 5.92 Å². The highest BCUT2D eigenvalue weighted by molar-refractivity contribution is 5.35. The molecule has 1 aromatic carbocycles. The van der Waals surface area contributed by atoms with Gasteiger partial charge in [0.15, 0.2) is 0 Å². The minimum Gasteiger partial charge on any atom is -0.396 e. The van der Waals surface area contributed by atoms with Gasteiger partial charge in [0, 0.05) is 31.0 Å². The molecule has 0 unspecified atom stereocenters. The van der Waals surface area contributed by atoms with Crippen LogP contribution in [0.5, 0.6) is 0 Å². The molecule has 0 aliphatic carbocycles. The molecule has 0 saturated heterocycles. The predicted octanol–water partition coefficient (Wildman–Crippen LogP) is 2.35. The molecular formula is C12H12F2N2O. The molecule has 3 nitrogen and oxygen atoms in total. The number of alkyl halides is 2. The van der Waals surface area contributed by atoms with Gasteiger partial charge in [0.05, 0.1) is 5.69 Å². The largest absolute Gasteiger partial charge is 0.396 e. The Morgan fingerprint density at radius 2 is 1.94 bits per heavy atom. The average Bonchev–Trinajstić information content (AvgIpc) is 2.82. The lowest BCUT2D eigenvalue weighted by Gasteiger charge is -2.15. The first-order valence-electron chi connectivity index (χ1n) is 5.23. The molecule has 0 bridgehead atoms. The van der Waals surface area contributed by atoms with Crippen LogP contribution in [0.4, 0.5) is 8.78 Å². The summed E-state index contributed by atoms with van der Waals surface area (Å²) in [6.07, 6.45) is 2.79. The third kappa shape index (κ3) is 2.50. The van der Waals surface area contributed by atoms with Crippen LogP contribution in [0.1, 0.15) is 12.0 Å². The Balaban J connectivity index is 2.24. The van der Waals surface area contributed by atoms with Crippen LogP contribution in [-0.4, -0.2) is 21.5 Å². The van der Waals surface area contributed by atoms with Gasteiger partial charge < -0.3 is 5.11 Å². The van der Waals surface area contributed by atoms with Crippen molar-refractivity contribution in [3.8, 4) is 5.69 Å². The smallest absolute Gasteiger partial charge is 0.275 e. The fourth-order valence-electron chi connectivity index (χ4n) is 1.56. The van der Waals surface area contributed by atoms with Crippen molar-refractivity contribution in [3.63, 3.8) is 0 Å². The second kappa shape index (κ2) is 4.63. The van der Waals surface area contributed by atoms with E-state index in [-0.39, 0.29) is 5.56 Å². The first-order chi connectivity index (χ1) is 8.13. The summed E-state index contributed by atoms with van der Waals surface area (Å²) in [5.41, 5.74) is 0.626. The van der Waals surface area contributed by atoms with E-state index in [1.165, 1.54) is 12.1 Å². The van der Waals surface area contributed by atoms with Crippen molar-refractivity contribution in [1.29, 1.82) is 0 Å². The summed E-state index contributed by atoms with van der Waals surface area (Å²) < 4.78 is 28.5. The third-order valence-electron chi connectivity index (χ3n) is 2.48. The summed E-state index contributed by atoms with van der Waals surface area (Å²) in [6.45, 7) is -0.534. The molecule has 1 N–H and O–H groups in total. The number of rotatable bonds is 4. The van der Waals surface area contributed by atoms with E-state index in [9.17, 15) is 8.78 Å². The van der Waals surface area contributed by atoms with E-state index in [1.807, 2.05) is 0 Å². The second-order valence-corrected chi connectivity index (χ2v) is 3.68. The molecule has 2 rings (SSSR count). The molecule has 0 radical (unpaired) electrons. The summed E-state index contributed by atoms with van der Waals surface area (Å²) in [5.74, 6) is -2.99. The number of aliphatic hydroxyl groups is 1. The van der Waals surface area contributed by atoms with Gasteiger partial charge in [-0.25, -0.2) is 13.5 Å². The maximum absolute atomic E-state index is 13.4. The van der Waals surface area contributed by atoms with Crippen LogP contribution in [0.25, 0.3) is 5.69 Å². The molecule has 0 spiro atoms. The van der Waals surface area contributed by atoms with Crippen molar-refractivity contribution in [1.82, 2.24) is 9.78 Å². The number of halogens is 2. The Morgan fingerprint density at radius 1 is 1.24 bits per heavy atom. The number of hydrogen-bond acceptors (Lipinski definition) is 2. The first-order valence-corrected chi connectivity index (χ1v) is 5.23. The monoisotopic (exact) mass is 238 g/mol. The fourth-order valence-corrected chi connectivity index (χ4v) is 1.56. The van der Waals surface area contributed by atoms with Crippen LogP contribution in [0.2, 0.25) is 0 Å². The van der Waals surface area contributed by atoms with Gasteiger partial charge in [-0.1, -0.05) is 12.1 Å². The number of nitrogens with zero attached hydrogens (tertiary/aromatic N) is 2. The zero-order chi connectivity index (χ0) is 12.3. The van der Waals surface area contributed by atoms with Crippen molar-refractivity contribution >= 4 is 0 Å². The molecule has 17 heavy (non-hydrogen) atoms. The zero-order valence-electron chi connectivity index (χ0n) is 9.05. The molecule has 0 saturated carbocycles. The number of hydrogen-bond donors (Lipinski definition) is 1. The molecule has 90 valence electrons. The minimum absolute atomic E-state index is 0.0949. The SMILES string of the molecule is OCCC(F)(F)c1ccc(-n2cccn2)cc1. The molecule has 0 atom stereocenters. The zero-order valence-corrected chi connectivity index (χ0v) is 9.05. The molecule has 5 heteroatoms. The standard InChI is InChI=1S/C12H12F2N2O/c13-12(14,6-9-17)10-2-4-11(5-3-10)16-8-1-7-15-16/h1-5,7-8,17H,6,9H2. The summed E-state index contributed by atoms with van der Waals surface area (Å²) in [5, 5.41) is 12.6. The van der Waals surface area contributed by atoms with Crippen LogP contribution >= 0.6 is 0 Å². The Kier molecular flexibility index (Phi) is 3.19. The molecule has 0 aliphatic rings. The van der Waals surface area contributed by atoms with Crippen molar-refractivity contribution < 1.29 is 13.9 Å². The summed E-state index contributed by atoms with van der Waals surface area (Å²) >= 11 is 0. The van der Waals surface area contributed by atoms with Gasteiger partial charge in [-0.15, -0.1) is 0 Å². The van der Waals surface area contributed by atoms with Crippen molar-refractivity contribution in [3.05, 3.63) is 48.3 Å². The highest BCUT2D eigenvalue weighted by atomic mass is 19.3. The molecule has 2 aromatic rings. The second-order valence-electron chi connectivity index (χ2n) is 3.68. The van der Waals surface area contributed by atoms with E-state index in [0.717, 1.165) is 5.69 Å². The highest BCUT2D eigenvalue weighted by Gasteiger charge is 2.30. The topological polar surface area (TPSA) is 38.0 Å². The summed E-state index contributed by atoms with van der Waals surface area (Å²) in [4.78, 5) is 0. The summed E-state index contributed by atoms with van der Waals surface area (Å²) in [6, 6.07) is 7.62. The van der Waals surface area contributed by atoms with E-state index in [1.54, 1.807) is 35.3 Å². The first kappa shape index (κ1) is 11.7. The molecule has 1 aromatic heterocycles. The van der Waals surface area contributed by atoms with Crippen LogP contribution in [0.15, 0.2) is 42.7 Å². The van der Waals surface area contributed by atoms with E-state index in [2.05, 4.69) is 5.10 Å². The number of aromatic nitrogens is 2. The Labute approximate surface area is 97.3 Å². The highest BCUT2D eigenvalue weighted by Crippen LogP contribution is 2.31. The lowest BCUT2D eigenvalue weighted by molar-refractivity contribution is -0.0269. The molecule has 1 heterocycles. The lowest BCUT2D eigenvalue weighted by Crippen LogP contribution is -2.15. The van der Waals surface area contributed by atoms with Crippen molar-refractivity contribution in [2.75, 3.05) is 6.61 Å². The van der Waals surface area contributed by atoms with Gasteiger partial charge in [0.2, 0.25) is 0 Å². The molecule has 0 amide bonds. The van der Waals surface area contributed by atoms with Gasteiger partial charge in [-0.2, -0.15) is 5.10 Å². The molecule has 0 fully saturated rings. The number of benzene rings is 1. The number of aliphatic hydroxyl groups excluding tert-OH is 1. The van der Waals surface area contributed by atoms with Crippen molar-refractivity contribution in [2.45, 2.75) is 12.3 Å². The normalized spacial score (nSPS) is 11.7. The summed E-state index contributed by atoms with van der Waals surface area (Å²) in [7, 11) is 0. The Hall–Kier alpha value is -1.75. The van der Waals surface area contributed by atoms with E-state index in [4.69, 9.17) is 5.11 Å². The van der Waals surface area contributed by atoms with Crippen LogP contribution in [-0.2, 0) is 5.92 Å². The van der Waals surface area contributed by atoms with Crippen molar-refractivity contribution in [2.24, 2.45) is 0 Å². The third-order valence-corrected chi connectivity index (χ3v) is 2.48. The predicted molar refractivity (Wildman–Crippen MR) is 59.2 cm³/mol. The minimum atomic E-state index is -2.99. The average molecular weight is 238 g/mol. The lowest BCUT2D eigenvalue weighted by atomic mass is 10.1.